The maximum absolute atomic E-state index is 13.6. The first kappa shape index (κ1) is 25.9. The van der Waals surface area contributed by atoms with E-state index in [-0.39, 0.29) is 30.4 Å². The van der Waals surface area contributed by atoms with Crippen LogP contribution in [0.3, 0.4) is 0 Å². The van der Waals surface area contributed by atoms with Gasteiger partial charge in [-0.3, -0.25) is 14.2 Å². The first-order chi connectivity index (χ1) is 17.4. The summed E-state index contributed by atoms with van der Waals surface area (Å²) in [5.41, 5.74) is 2.04. The zero-order valence-corrected chi connectivity index (χ0v) is 22.1. The molecule has 2 heterocycles. The molecule has 0 saturated carbocycles. The third-order valence-electron chi connectivity index (χ3n) is 5.43. The van der Waals surface area contributed by atoms with Crippen molar-refractivity contribution in [1.82, 2.24) is 14.9 Å². The van der Waals surface area contributed by atoms with Crippen molar-refractivity contribution in [2.45, 2.75) is 32.1 Å². The fraction of sp³-hybridized carbons (Fsp3) is 0.231. The normalized spacial score (nSPS) is 11.0. The van der Waals surface area contributed by atoms with E-state index in [1.54, 1.807) is 24.5 Å². The monoisotopic (exact) mass is 541 g/mol. The lowest BCUT2D eigenvalue weighted by atomic mass is 10.2. The molecule has 10 heteroatoms. The Balaban J connectivity index is 1.63. The number of amides is 1. The van der Waals surface area contributed by atoms with E-state index in [2.05, 4.69) is 5.32 Å². The molecule has 4 aromatic rings. The molecule has 7 nitrogen and oxygen atoms in total. The van der Waals surface area contributed by atoms with Crippen molar-refractivity contribution in [3.8, 4) is 0 Å². The maximum atomic E-state index is 13.6. The molecule has 0 aliphatic rings. The van der Waals surface area contributed by atoms with Crippen molar-refractivity contribution in [2.24, 2.45) is 0 Å². The number of nitrogens with one attached hydrogen (secondary N) is 1. The van der Waals surface area contributed by atoms with Crippen molar-refractivity contribution >= 4 is 56.8 Å². The second kappa shape index (κ2) is 11.7. The summed E-state index contributed by atoms with van der Waals surface area (Å²) in [4.78, 5) is 44.1. The fourth-order valence-electron chi connectivity index (χ4n) is 3.62. The van der Waals surface area contributed by atoms with Gasteiger partial charge in [-0.25, -0.2) is 9.78 Å². The SMILES string of the molecule is CCOC(=O)c1sc2nc(SCC(=O)NCc3ccccc3Cl)n(Cc3ccccc3)c(=O)c2c1C. The van der Waals surface area contributed by atoms with Crippen LogP contribution in [0.2, 0.25) is 5.02 Å². The summed E-state index contributed by atoms with van der Waals surface area (Å²) >= 11 is 8.48. The molecule has 2 aromatic carbocycles. The van der Waals surface area contributed by atoms with Gasteiger partial charge in [-0.05, 0) is 36.6 Å². The standard InChI is InChI=1S/C26H24ClN3O4S2/c1-3-34-25(33)22-16(2)21-23(36-22)29-26(30(24(21)32)14-17-9-5-4-6-10-17)35-15-20(31)28-13-18-11-7-8-12-19(18)27/h4-12H,3,13-15H2,1-2H3,(H,28,31). The largest absolute Gasteiger partial charge is 0.462 e. The lowest BCUT2D eigenvalue weighted by Crippen LogP contribution is -2.27. The zero-order chi connectivity index (χ0) is 25.7. The van der Waals surface area contributed by atoms with Crippen molar-refractivity contribution in [1.29, 1.82) is 0 Å². The summed E-state index contributed by atoms with van der Waals surface area (Å²) in [6.45, 7) is 4.29. The molecule has 0 aliphatic heterocycles. The number of nitrogens with zero attached hydrogens (tertiary/aromatic N) is 2. The summed E-state index contributed by atoms with van der Waals surface area (Å²) in [5, 5.41) is 4.24. The highest BCUT2D eigenvalue weighted by Crippen LogP contribution is 2.30. The van der Waals surface area contributed by atoms with Crippen LogP contribution in [0.1, 0.15) is 33.3 Å². The van der Waals surface area contributed by atoms with Gasteiger partial charge in [-0.2, -0.15) is 0 Å². The van der Waals surface area contributed by atoms with Crippen LogP contribution in [0.15, 0.2) is 64.5 Å². The number of carbonyl (C=O) groups is 2. The molecular weight excluding hydrogens is 518 g/mol. The Morgan fingerprint density at radius 1 is 1.14 bits per heavy atom. The van der Waals surface area contributed by atoms with Crippen LogP contribution in [0.4, 0.5) is 0 Å². The van der Waals surface area contributed by atoms with Crippen molar-refractivity contribution in [2.75, 3.05) is 12.4 Å². The molecule has 1 amide bonds. The van der Waals surface area contributed by atoms with Crippen LogP contribution in [0.5, 0.6) is 0 Å². The van der Waals surface area contributed by atoms with Crippen LogP contribution in [-0.2, 0) is 22.6 Å². The highest BCUT2D eigenvalue weighted by atomic mass is 35.5. The van der Waals surface area contributed by atoms with Gasteiger partial charge in [0.1, 0.15) is 9.71 Å². The maximum Gasteiger partial charge on any atom is 0.348 e. The van der Waals surface area contributed by atoms with E-state index in [1.807, 2.05) is 48.5 Å². The molecule has 186 valence electrons. The minimum atomic E-state index is -0.472. The van der Waals surface area contributed by atoms with Gasteiger partial charge in [0.25, 0.3) is 5.56 Å². The van der Waals surface area contributed by atoms with Gasteiger partial charge >= 0.3 is 5.97 Å². The molecule has 36 heavy (non-hydrogen) atoms. The van der Waals surface area contributed by atoms with Crippen LogP contribution < -0.4 is 10.9 Å². The van der Waals surface area contributed by atoms with E-state index >= 15 is 0 Å². The summed E-state index contributed by atoms with van der Waals surface area (Å²) in [5.74, 6) is -0.623. The molecule has 0 bridgehead atoms. The van der Waals surface area contributed by atoms with Crippen molar-refractivity contribution in [3.63, 3.8) is 0 Å². The van der Waals surface area contributed by atoms with E-state index in [1.165, 1.54) is 11.8 Å². The molecule has 0 spiro atoms. The number of benzene rings is 2. The summed E-state index contributed by atoms with van der Waals surface area (Å²) in [6, 6.07) is 16.9. The van der Waals surface area contributed by atoms with Crippen LogP contribution in [0, 0.1) is 6.92 Å². The van der Waals surface area contributed by atoms with Gasteiger partial charge in [0.15, 0.2) is 5.16 Å². The molecule has 1 N–H and O–H groups in total. The molecule has 4 rings (SSSR count). The zero-order valence-electron chi connectivity index (χ0n) is 19.7. The Bertz CT molecular complexity index is 1470. The number of hydrogen-bond donors (Lipinski definition) is 1. The van der Waals surface area contributed by atoms with Gasteiger partial charge in [0.2, 0.25) is 5.91 Å². The Kier molecular flexibility index (Phi) is 8.45. The van der Waals surface area contributed by atoms with Gasteiger partial charge in [0, 0.05) is 11.6 Å². The number of carbonyl (C=O) groups excluding carboxylic acids is 2. The Morgan fingerprint density at radius 3 is 2.58 bits per heavy atom. The van der Waals surface area contributed by atoms with Gasteiger partial charge < -0.3 is 10.1 Å². The highest BCUT2D eigenvalue weighted by Gasteiger charge is 2.23. The van der Waals surface area contributed by atoms with E-state index in [4.69, 9.17) is 21.3 Å². The second-order valence-electron chi connectivity index (χ2n) is 7.88. The number of hydrogen-bond acceptors (Lipinski definition) is 7. The van der Waals surface area contributed by atoms with Crippen molar-refractivity contribution in [3.05, 3.63) is 91.5 Å². The topological polar surface area (TPSA) is 90.3 Å². The van der Waals surface area contributed by atoms with E-state index in [9.17, 15) is 14.4 Å². The lowest BCUT2D eigenvalue weighted by molar-refractivity contribution is -0.118. The van der Waals surface area contributed by atoms with Crippen molar-refractivity contribution < 1.29 is 14.3 Å². The smallest absolute Gasteiger partial charge is 0.348 e. The first-order valence-corrected chi connectivity index (χ1v) is 13.4. The van der Waals surface area contributed by atoms with Gasteiger partial charge in [-0.1, -0.05) is 71.9 Å². The fourth-order valence-corrected chi connectivity index (χ4v) is 5.77. The highest BCUT2D eigenvalue weighted by molar-refractivity contribution is 7.99. The predicted octanol–water partition coefficient (Wildman–Crippen LogP) is 5.05. The summed E-state index contributed by atoms with van der Waals surface area (Å²) < 4.78 is 6.71. The number of thiophene rings is 1. The van der Waals surface area contributed by atoms with Gasteiger partial charge in [-0.15, -0.1) is 11.3 Å². The van der Waals surface area contributed by atoms with Crippen LogP contribution in [-0.4, -0.2) is 33.8 Å². The third-order valence-corrected chi connectivity index (χ3v) is 7.94. The number of aryl methyl sites for hydroxylation is 1. The number of esters is 1. The number of rotatable bonds is 9. The third kappa shape index (κ3) is 5.80. The minimum Gasteiger partial charge on any atom is -0.462 e. The predicted molar refractivity (Wildman–Crippen MR) is 144 cm³/mol. The summed E-state index contributed by atoms with van der Waals surface area (Å²) in [7, 11) is 0. The Morgan fingerprint density at radius 2 is 1.86 bits per heavy atom. The average Bonchev–Trinajstić information content (AvgIpc) is 3.21. The van der Waals surface area contributed by atoms with E-state index in [0.717, 1.165) is 22.5 Å². The second-order valence-corrected chi connectivity index (χ2v) is 10.2. The minimum absolute atomic E-state index is 0.0618. The molecule has 0 fully saturated rings. The molecule has 0 saturated heterocycles. The van der Waals surface area contributed by atoms with E-state index < -0.39 is 5.97 Å². The van der Waals surface area contributed by atoms with E-state index in [0.29, 0.717) is 37.4 Å². The number of halogens is 1. The molecule has 0 unspecified atom stereocenters. The molecule has 0 radical (unpaired) electrons. The number of ether oxygens (including phenoxy) is 1. The summed E-state index contributed by atoms with van der Waals surface area (Å²) in [6.07, 6.45) is 0. The van der Waals surface area contributed by atoms with Crippen LogP contribution in [0.25, 0.3) is 10.2 Å². The first-order valence-electron chi connectivity index (χ1n) is 11.3. The quantitative estimate of drug-likeness (QED) is 0.181. The Hall–Kier alpha value is -3.14. The molecule has 0 aliphatic carbocycles. The number of fused-ring (bicyclic) bond motifs is 1. The number of aromatic nitrogens is 2. The van der Waals surface area contributed by atoms with Crippen LogP contribution >= 0.6 is 34.7 Å². The Labute approximate surface area is 221 Å². The number of thioether (sulfide) groups is 1. The molecular formula is C26H24ClN3O4S2. The average molecular weight is 542 g/mol. The lowest BCUT2D eigenvalue weighted by Gasteiger charge is -2.13. The molecule has 2 aromatic heterocycles. The van der Waals surface area contributed by atoms with Gasteiger partial charge in [0.05, 0.1) is 24.3 Å². The molecule has 0 atom stereocenters.